The molecule has 0 radical (unpaired) electrons. The van der Waals surface area contributed by atoms with Gasteiger partial charge in [0.05, 0.1) is 13.2 Å². The van der Waals surface area contributed by atoms with Gasteiger partial charge in [-0.1, -0.05) is 282 Å². The Bertz CT molecular complexity index is 1230. The SMILES string of the molecule is CCC/C=C\CCCCCCCC(=O)OCC(COP(=O)(O)OCCN)OC(=O)CCCCCCCCCCCCCCCCCCCCCCCCCCCCCCC/C=C\CCCCCCCCCC. The van der Waals surface area contributed by atoms with E-state index in [4.69, 9.17) is 24.3 Å². The second-order valence-corrected chi connectivity index (χ2v) is 22.7. The van der Waals surface area contributed by atoms with Crippen LogP contribution >= 0.6 is 7.82 Å². The molecule has 2 unspecified atom stereocenters. The number of phosphoric acid groups is 1. The predicted molar refractivity (Wildman–Crippen MR) is 307 cm³/mol. The van der Waals surface area contributed by atoms with E-state index < -0.39 is 26.5 Å². The second kappa shape index (κ2) is 58.7. The molecule has 0 aliphatic rings. The number of ether oxygens (including phenoxy) is 2. The van der Waals surface area contributed by atoms with E-state index in [1.165, 1.54) is 238 Å². The normalized spacial score (nSPS) is 13.1. The monoisotopic (exact) mass is 1040 g/mol. The smallest absolute Gasteiger partial charge is 0.462 e. The number of nitrogens with two attached hydrogens (primary N) is 1. The Balaban J connectivity index is 3.64. The first-order chi connectivity index (χ1) is 35.3. The van der Waals surface area contributed by atoms with Crippen molar-refractivity contribution in [1.29, 1.82) is 0 Å². The number of carbonyl (C=O) groups excluding carboxylic acids is 2. The average Bonchev–Trinajstić information content (AvgIpc) is 3.37. The van der Waals surface area contributed by atoms with E-state index in [9.17, 15) is 19.0 Å². The first-order valence-electron chi connectivity index (χ1n) is 31.3. The van der Waals surface area contributed by atoms with E-state index in [1.54, 1.807) is 0 Å². The van der Waals surface area contributed by atoms with Gasteiger partial charge in [-0.2, -0.15) is 0 Å². The van der Waals surface area contributed by atoms with Crippen LogP contribution in [-0.4, -0.2) is 49.3 Å². The van der Waals surface area contributed by atoms with Crippen molar-refractivity contribution in [3.8, 4) is 0 Å². The number of hydrogen-bond donors (Lipinski definition) is 2. The van der Waals surface area contributed by atoms with Gasteiger partial charge in [-0.3, -0.25) is 18.6 Å². The van der Waals surface area contributed by atoms with Gasteiger partial charge < -0.3 is 20.1 Å². The molecule has 0 spiro atoms. The molecule has 0 rings (SSSR count). The number of rotatable bonds is 60. The highest BCUT2D eigenvalue weighted by atomic mass is 31.2. The summed E-state index contributed by atoms with van der Waals surface area (Å²) in [6.07, 6.45) is 70.2. The predicted octanol–water partition coefficient (Wildman–Crippen LogP) is 19.8. The third-order valence-electron chi connectivity index (χ3n) is 14.0. The summed E-state index contributed by atoms with van der Waals surface area (Å²) in [5.41, 5.74) is 5.37. The maximum absolute atomic E-state index is 12.7. The minimum Gasteiger partial charge on any atom is -0.462 e. The lowest BCUT2D eigenvalue weighted by molar-refractivity contribution is -0.161. The topological polar surface area (TPSA) is 134 Å². The molecule has 10 heteroatoms. The summed E-state index contributed by atoms with van der Waals surface area (Å²) < 4.78 is 32.9. The van der Waals surface area contributed by atoms with E-state index >= 15 is 0 Å². The van der Waals surface area contributed by atoms with E-state index in [0.29, 0.717) is 6.42 Å². The molecule has 0 fully saturated rings. The molecule has 9 nitrogen and oxygen atoms in total. The van der Waals surface area contributed by atoms with Crippen molar-refractivity contribution in [3.63, 3.8) is 0 Å². The summed E-state index contributed by atoms with van der Waals surface area (Å²) in [6, 6.07) is 0. The average molecular weight is 1040 g/mol. The summed E-state index contributed by atoms with van der Waals surface area (Å²) in [5.74, 6) is -0.827. The van der Waals surface area contributed by atoms with Crippen LogP contribution in [-0.2, 0) is 32.7 Å². The van der Waals surface area contributed by atoms with E-state index in [-0.39, 0.29) is 38.6 Å². The lowest BCUT2D eigenvalue weighted by Crippen LogP contribution is -2.29. The van der Waals surface area contributed by atoms with E-state index in [2.05, 4.69) is 38.2 Å². The van der Waals surface area contributed by atoms with Crippen LogP contribution < -0.4 is 5.73 Å². The van der Waals surface area contributed by atoms with Gasteiger partial charge in [0.25, 0.3) is 0 Å². The van der Waals surface area contributed by atoms with Gasteiger partial charge in [0.1, 0.15) is 6.61 Å². The molecule has 0 saturated heterocycles. The van der Waals surface area contributed by atoms with Gasteiger partial charge in [-0.15, -0.1) is 0 Å². The van der Waals surface area contributed by atoms with Gasteiger partial charge in [0.15, 0.2) is 6.10 Å². The number of unbranched alkanes of at least 4 members (excludes halogenated alkanes) is 43. The number of phosphoric ester groups is 1. The second-order valence-electron chi connectivity index (χ2n) is 21.3. The van der Waals surface area contributed by atoms with Crippen LogP contribution in [0, 0.1) is 0 Å². The zero-order chi connectivity index (χ0) is 52.4. The van der Waals surface area contributed by atoms with Crippen LogP contribution in [0.25, 0.3) is 0 Å². The molecule has 0 amide bonds. The Hall–Kier alpha value is -1.51. The Morgan fingerprint density at radius 3 is 1.04 bits per heavy atom. The third-order valence-corrected chi connectivity index (χ3v) is 15.0. The number of esters is 2. The Labute approximate surface area is 446 Å². The maximum Gasteiger partial charge on any atom is 0.472 e. The Morgan fingerprint density at radius 1 is 0.403 bits per heavy atom. The van der Waals surface area contributed by atoms with E-state index in [0.717, 1.165) is 57.8 Å². The lowest BCUT2D eigenvalue weighted by Gasteiger charge is -2.19. The molecule has 0 aliphatic heterocycles. The van der Waals surface area contributed by atoms with Crippen molar-refractivity contribution >= 4 is 19.8 Å². The summed E-state index contributed by atoms with van der Waals surface area (Å²) in [6.45, 7) is 3.70. The standard InChI is InChI=1S/C62H120NO8P/c1-3-5-7-9-11-13-15-16-17-18-19-20-21-22-23-24-25-26-27-28-29-30-31-32-33-34-35-36-37-38-39-40-41-42-43-44-45-47-49-51-53-55-62(65)71-60(59-70-72(66,67)69-57-56-63)58-68-61(64)54-52-50-48-46-14-12-10-8-6-4-2/h8,10,18-19,60H,3-7,9,11-17,20-59,63H2,1-2H3,(H,66,67)/b10-8-,19-18-. The lowest BCUT2D eigenvalue weighted by atomic mass is 10.0. The highest BCUT2D eigenvalue weighted by Gasteiger charge is 2.26. The first kappa shape index (κ1) is 70.5. The van der Waals surface area contributed by atoms with E-state index in [1.807, 2.05) is 0 Å². The highest BCUT2D eigenvalue weighted by molar-refractivity contribution is 7.47. The highest BCUT2D eigenvalue weighted by Crippen LogP contribution is 2.43. The molecule has 0 saturated carbocycles. The molecular formula is C62H120NO8P. The molecule has 0 aliphatic carbocycles. The molecule has 2 atom stereocenters. The van der Waals surface area contributed by atoms with Crippen molar-refractivity contribution in [2.75, 3.05) is 26.4 Å². The molecule has 426 valence electrons. The van der Waals surface area contributed by atoms with Crippen LogP contribution in [0.15, 0.2) is 24.3 Å². The van der Waals surface area contributed by atoms with Crippen LogP contribution in [0.2, 0.25) is 0 Å². The fourth-order valence-electron chi connectivity index (χ4n) is 9.40. The van der Waals surface area contributed by atoms with Gasteiger partial charge in [-0.05, 0) is 57.8 Å². The van der Waals surface area contributed by atoms with Gasteiger partial charge in [0.2, 0.25) is 0 Å². The van der Waals surface area contributed by atoms with Gasteiger partial charge in [-0.25, -0.2) is 4.57 Å². The molecule has 0 heterocycles. The minimum absolute atomic E-state index is 0.0547. The molecule has 72 heavy (non-hydrogen) atoms. The molecule has 0 aromatic carbocycles. The van der Waals surface area contributed by atoms with Crippen molar-refractivity contribution in [1.82, 2.24) is 0 Å². The van der Waals surface area contributed by atoms with Crippen molar-refractivity contribution < 1.29 is 37.6 Å². The fourth-order valence-corrected chi connectivity index (χ4v) is 10.2. The number of carbonyl (C=O) groups is 2. The molecule has 3 N–H and O–H groups in total. The summed E-state index contributed by atoms with van der Waals surface area (Å²) in [7, 11) is -4.38. The maximum atomic E-state index is 12.7. The molecule has 0 aromatic heterocycles. The first-order valence-corrected chi connectivity index (χ1v) is 32.8. The van der Waals surface area contributed by atoms with Crippen LogP contribution in [0.5, 0.6) is 0 Å². The van der Waals surface area contributed by atoms with Crippen LogP contribution in [0.1, 0.15) is 328 Å². The Kier molecular flexibility index (Phi) is 57.5. The minimum atomic E-state index is -4.38. The molecular weight excluding hydrogens is 918 g/mol. The van der Waals surface area contributed by atoms with Crippen molar-refractivity contribution in [3.05, 3.63) is 24.3 Å². The van der Waals surface area contributed by atoms with Crippen molar-refractivity contribution in [2.24, 2.45) is 5.73 Å². The molecule has 0 bridgehead atoms. The van der Waals surface area contributed by atoms with Gasteiger partial charge >= 0.3 is 19.8 Å². The third kappa shape index (κ3) is 57.8. The fraction of sp³-hybridized carbons (Fsp3) is 0.903. The number of hydrogen-bond acceptors (Lipinski definition) is 8. The molecule has 0 aromatic rings. The Morgan fingerprint density at radius 2 is 0.708 bits per heavy atom. The zero-order valence-electron chi connectivity index (χ0n) is 47.7. The largest absolute Gasteiger partial charge is 0.472 e. The van der Waals surface area contributed by atoms with Crippen molar-refractivity contribution in [2.45, 2.75) is 335 Å². The zero-order valence-corrected chi connectivity index (χ0v) is 48.6. The summed E-state index contributed by atoms with van der Waals surface area (Å²) >= 11 is 0. The van der Waals surface area contributed by atoms with Gasteiger partial charge in [0, 0.05) is 19.4 Å². The quantitative estimate of drug-likeness (QED) is 0.0264. The number of allylic oxidation sites excluding steroid dienone is 4. The summed E-state index contributed by atoms with van der Waals surface area (Å²) in [4.78, 5) is 35.0. The van der Waals surface area contributed by atoms with Crippen LogP contribution in [0.4, 0.5) is 0 Å². The van der Waals surface area contributed by atoms with Crippen LogP contribution in [0.3, 0.4) is 0 Å². The summed E-state index contributed by atoms with van der Waals surface area (Å²) in [5, 5.41) is 0.